The van der Waals surface area contributed by atoms with E-state index in [0.717, 1.165) is 5.56 Å². The molecule has 7 heteroatoms. The summed E-state index contributed by atoms with van der Waals surface area (Å²) in [5.74, 6) is -0.121. The fraction of sp³-hybridized carbons (Fsp3) is 0.185. The number of amides is 1. The van der Waals surface area contributed by atoms with E-state index in [1.54, 1.807) is 36.4 Å². The molecule has 0 spiro atoms. The first kappa shape index (κ1) is 21.6. The first-order valence-electron chi connectivity index (χ1n) is 11.0. The van der Waals surface area contributed by atoms with Crippen molar-refractivity contribution in [2.75, 3.05) is 18.3 Å². The number of aliphatic hydroxyl groups is 1. The Morgan fingerprint density at radius 2 is 1.82 bits per heavy atom. The largest absolute Gasteiger partial charge is 0.507 e. The molecule has 2 heterocycles. The number of carbonyl (C=O) groups excluding carboxylic acids is 2. The molecule has 1 saturated heterocycles. The van der Waals surface area contributed by atoms with Gasteiger partial charge >= 0.3 is 0 Å². The van der Waals surface area contributed by atoms with Crippen LogP contribution < -0.4 is 19.1 Å². The van der Waals surface area contributed by atoms with E-state index in [-0.39, 0.29) is 18.1 Å². The second kappa shape index (κ2) is 8.59. The van der Waals surface area contributed by atoms with Crippen LogP contribution in [0.1, 0.15) is 29.7 Å². The highest BCUT2D eigenvalue weighted by Crippen LogP contribution is 2.44. The Kier molecular flexibility index (Phi) is 5.45. The predicted octanol–water partition coefficient (Wildman–Crippen LogP) is 4.75. The number of aliphatic hydroxyl groups excluding tert-OH is 1. The number of anilines is 1. The van der Waals surface area contributed by atoms with Crippen molar-refractivity contribution < 1.29 is 28.9 Å². The number of ether oxygens (including phenoxy) is 3. The lowest BCUT2D eigenvalue weighted by atomic mass is 9.94. The van der Waals surface area contributed by atoms with Gasteiger partial charge in [-0.2, -0.15) is 0 Å². The summed E-state index contributed by atoms with van der Waals surface area (Å²) in [5, 5.41) is 11.3. The predicted molar refractivity (Wildman–Crippen MR) is 126 cm³/mol. The zero-order chi connectivity index (χ0) is 23.8. The van der Waals surface area contributed by atoms with Crippen LogP contribution in [0.2, 0.25) is 0 Å². The van der Waals surface area contributed by atoms with Gasteiger partial charge in [-0.05, 0) is 67.4 Å². The second-order valence-corrected chi connectivity index (χ2v) is 8.08. The van der Waals surface area contributed by atoms with Crippen LogP contribution >= 0.6 is 0 Å². The third-order valence-corrected chi connectivity index (χ3v) is 5.86. The van der Waals surface area contributed by atoms with Crippen molar-refractivity contribution in [2.24, 2.45) is 0 Å². The molecule has 0 saturated carbocycles. The lowest BCUT2D eigenvalue weighted by Crippen LogP contribution is -2.29. The van der Waals surface area contributed by atoms with Gasteiger partial charge in [0.2, 0.25) is 6.79 Å². The molecule has 2 aliphatic heterocycles. The number of hydrogen-bond donors (Lipinski definition) is 1. The summed E-state index contributed by atoms with van der Waals surface area (Å²) in [6, 6.07) is 18.6. The summed E-state index contributed by atoms with van der Waals surface area (Å²) in [5.41, 5.74) is 2.51. The van der Waals surface area contributed by atoms with E-state index in [9.17, 15) is 14.7 Å². The van der Waals surface area contributed by atoms with E-state index >= 15 is 0 Å². The van der Waals surface area contributed by atoms with E-state index in [0.29, 0.717) is 40.7 Å². The van der Waals surface area contributed by atoms with Gasteiger partial charge in [-0.3, -0.25) is 14.5 Å². The smallest absolute Gasteiger partial charge is 0.300 e. The molecule has 1 N–H and O–H groups in total. The maximum atomic E-state index is 13.3. The van der Waals surface area contributed by atoms with Gasteiger partial charge < -0.3 is 19.3 Å². The van der Waals surface area contributed by atoms with Crippen LogP contribution in [0, 0.1) is 6.92 Å². The third-order valence-electron chi connectivity index (χ3n) is 5.86. The monoisotopic (exact) mass is 457 g/mol. The molecule has 0 radical (unpaired) electrons. The van der Waals surface area contributed by atoms with Gasteiger partial charge in [-0.15, -0.1) is 0 Å². The summed E-state index contributed by atoms with van der Waals surface area (Å²) in [6.07, 6.45) is 0. The Labute approximate surface area is 196 Å². The van der Waals surface area contributed by atoms with Gasteiger partial charge in [0.1, 0.15) is 11.5 Å². The van der Waals surface area contributed by atoms with E-state index in [1.807, 2.05) is 44.2 Å². The summed E-state index contributed by atoms with van der Waals surface area (Å²) in [7, 11) is 0. The van der Waals surface area contributed by atoms with E-state index in [1.165, 1.54) is 4.90 Å². The third kappa shape index (κ3) is 3.65. The molecule has 3 aromatic rings. The fourth-order valence-corrected chi connectivity index (χ4v) is 4.33. The molecule has 34 heavy (non-hydrogen) atoms. The highest BCUT2D eigenvalue weighted by molar-refractivity contribution is 6.51. The molecular formula is C27H23NO6. The molecule has 1 fully saturated rings. The molecule has 2 aliphatic rings. The molecule has 5 rings (SSSR count). The summed E-state index contributed by atoms with van der Waals surface area (Å²) in [4.78, 5) is 28.1. The normalized spacial score (nSPS) is 18.4. The van der Waals surface area contributed by atoms with Crippen molar-refractivity contribution in [3.05, 3.63) is 89.0 Å². The first-order valence-corrected chi connectivity index (χ1v) is 11.0. The van der Waals surface area contributed by atoms with Crippen LogP contribution in [0.3, 0.4) is 0 Å². The van der Waals surface area contributed by atoms with Gasteiger partial charge in [0.25, 0.3) is 11.7 Å². The van der Waals surface area contributed by atoms with Gasteiger partial charge in [-0.1, -0.05) is 24.3 Å². The number of hydrogen-bond acceptors (Lipinski definition) is 6. The minimum Gasteiger partial charge on any atom is -0.507 e. The topological polar surface area (TPSA) is 85.3 Å². The Morgan fingerprint density at radius 1 is 1.03 bits per heavy atom. The van der Waals surface area contributed by atoms with Crippen LogP contribution in [0.5, 0.6) is 17.2 Å². The minimum absolute atomic E-state index is 0.000908. The SMILES string of the molecule is CCOc1cccc(C2/C(=C(/O)c3ccc4c(c3)OCO4)C(=O)C(=O)N2c2cccc(C)c2)c1. The molecule has 172 valence electrons. The number of rotatable bonds is 5. The number of aryl methyl sites for hydroxylation is 1. The van der Waals surface area contributed by atoms with Crippen molar-refractivity contribution in [3.8, 4) is 17.2 Å². The lowest BCUT2D eigenvalue weighted by molar-refractivity contribution is -0.132. The molecule has 3 aromatic carbocycles. The van der Waals surface area contributed by atoms with Crippen molar-refractivity contribution in [1.82, 2.24) is 0 Å². The standard InChI is InChI=1S/C27H23NO6/c1-3-32-20-9-5-7-17(13-20)24-23(25(29)18-10-11-21-22(14-18)34-15-33-21)26(30)27(31)28(24)19-8-4-6-16(2)12-19/h4-14,24,29H,3,15H2,1-2H3/b25-23-. The summed E-state index contributed by atoms with van der Waals surface area (Å²) < 4.78 is 16.4. The van der Waals surface area contributed by atoms with Crippen LogP contribution in [0.4, 0.5) is 5.69 Å². The van der Waals surface area contributed by atoms with Crippen molar-refractivity contribution in [1.29, 1.82) is 0 Å². The number of nitrogens with zero attached hydrogens (tertiary/aromatic N) is 1. The maximum absolute atomic E-state index is 13.3. The molecule has 0 bridgehead atoms. The minimum atomic E-state index is -0.840. The molecule has 1 unspecified atom stereocenters. The van der Waals surface area contributed by atoms with Gasteiger partial charge in [0, 0.05) is 11.3 Å². The van der Waals surface area contributed by atoms with Crippen molar-refractivity contribution >= 4 is 23.1 Å². The van der Waals surface area contributed by atoms with Gasteiger partial charge in [-0.25, -0.2) is 0 Å². The number of fused-ring (bicyclic) bond motifs is 1. The Balaban J connectivity index is 1.70. The molecule has 1 amide bonds. The second-order valence-electron chi connectivity index (χ2n) is 8.08. The van der Waals surface area contributed by atoms with E-state index in [4.69, 9.17) is 14.2 Å². The number of benzene rings is 3. The fourth-order valence-electron chi connectivity index (χ4n) is 4.33. The molecule has 0 aromatic heterocycles. The molecule has 1 atom stereocenters. The van der Waals surface area contributed by atoms with Gasteiger partial charge in [0.15, 0.2) is 11.5 Å². The van der Waals surface area contributed by atoms with Gasteiger partial charge in [0.05, 0.1) is 18.2 Å². The average molecular weight is 457 g/mol. The Morgan fingerprint density at radius 3 is 2.62 bits per heavy atom. The summed E-state index contributed by atoms with van der Waals surface area (Å²) in [6.45, 7) is 4.35. The van der Waals surface area contributed by atoms with Crippen molar-refractivity contribution in [3.63, 3.8) is 0 Å². The zero-order valence-corrected chi connectivity index (χ0v) is 18.8. The Bertz CT molecular complexity index is 1330. The van der Waals surface area contributed by atoms with Crippen LogP contribution in [0.25, 0.3) is 5.76 Å². The highest BCUT2D eigenvalue weighted by atomic mass is 16.7. The zero-order valence-electron chi connectivity index (χ0n) is 18.8. The number of Topliss-reactive ketones (excluding diaryl/α,β-unsaturated/α-hetero) is 1. The summed E-state index contributed by atoms with van der Waals surface area (Å²) >= 11 is 0. The van der Waals surface area contributed by atoms with E-state index in [2.05, 4.69) is 0 Å². The number of carbonyl (C=O) groups is 2. The van der Waals surface area contributed by atoms with Crippen LogP contribution in [-0.4, -0.2) is 30.2 Å². The van der Waals surface area contributed by atoms with Crippen molar-refractivity contribution in [2.45, 2.75) is 19.9 Å². The highest BCUT2D eigenvalue weighted by Gasteiger charge is 2.47. The molecular weight excluding hydrogens is 434 g/mol. The number of ketones is 1. The quantitative estimate of drug-likeness (QED) is 0.338. The van der Waals surface area contributed by atoms with Crippen LogP contribution in [0.15, 0.2) is 72.3 Å². The molecule has 7 nitrogen and oxygen atoms in total. The molecule has 0 aliphatic carbocycles. The lowest BCUT2D eigenvalue weighted by Gasteiger charge is -2.26. The Hall–Kier alpha value is -4.26. The van der Waals surface area contributed by atoms with Crippen LogP contribution in [-0.2, 0) is 9.59 Å². The maximum Gasteiger partial charge on any atom is 0.300 e. The first-order chi connectivity index (χ1) is 16.5. The van der Waals surface area contributed by atoms with E-state index < -0.39 is 17.7 Å². The average Bonchev–Trinajstić information content (AvgIpc) is 3.41.